The summed E-state index contributed by atoms with van der Waals surface area (Å²) in [6.07, 6.45) is 5.90. The van der Waals surface area contributed by atoms with Gasteiger partial charge in [0.15, 0.2) is 0 Å². The second kappa shape index (κ2) is 16.2. The molecule has 2 aliphatic carbocycles. The van der Waals surface area contributed by atoms with Gasteiger partial charge < -0.3 is 34.6 Å². The van der Waals surface area contributed by atoms with Gasteiger partial charge in [0.2, 0.25) is 27.7 Å². The van der Waals surface area contributed by atoms with Crippen molar-refractivity contribution in [3.63, 3.8) is 0 Å². The van der Waals surface area contributed by atoms with Gasteiger partial charge in [0.05, 0.1) is 18.4 Å². The third-order valence-corrected chi connectivity index (χ3v) is 14.4. The monoisotopic (exact) mass is 824 g/mol. The number of hydrogen-bond donors (Lipinski definition) is 3. The zero-order valence-electron chi connectivity index (χ0n) is 35.2. The van der Waals surface area contributed by atoms with Gasteiger partial charge in [-0.3, -0.25) is 19.1 Å². The first-order valence-electron chi connectivity index (χ1n) is 20.4. The first kappa shape index (κ1) is 43.0. The number of nitrogens with zero attached hydrogens (tertiary/aromatic N) is 3. The lowest BCUT2D eigenvalue weighted by atomic mass is 9.88. The normalized spacial score (nSPS) is 29.1. The Kier molecular flexibility index (Phi) is 12.0. The third-order valence-electron chi connectivity index (χ3n) is 12.1. The van der Waals surface area contributed by atoms with Gasteiger partial charge in [-0.15, -0.1) is 0 Å². The number of rotatable bonds is 9. The highest BCUT2D eigenvalue weighted by Gasteiger charge is 2.63. The largest absolute Gasteiger partial charge is 0.497 e. The Balaban J connectivity index is 1.37. The molecule has 1 aromatic heterocycles. The fourth-order valence-corrected chi connectivity index (χ4v) is 9.98. The quantitative estimate of drug-likeness (QED) is 0.295. The molecule has 4 aliphatic rings. The molecule has 2 saturated carbocycles. The molecule has 2 aromatic rings. The van der Waals surface area contributed by atoms with E-state index in [-0.39, 0.29) is 31.2 Å². The highest BCUT2D eigenvalue weighted by molar-refractivity contribution is 7.91. The minimum absolute atomic E-state index is 0.0302. The number of fused-ring (bicyclic) bond motifs is 3. The molecule has 318 valence electrons. The summed E-state index contributed by atoms with van der Waals surface area (Å²) < 4.78 is 45.9. The number of carbonyl (C=O) groups is 4. The maximum atomic E-state index is 14.9. The number of anilines is 1. The molecular weight excluding hydrogens is 765 g/mol. The Morgan fingerprint density at radius 3 is 2.47 bits per heavy atom. The van der Waals surface area contributed by atoms with Crippen LogP contribution in [0.4, 0.5) is 10.6 Å². The molecule has 16 heteroatoms. The van der Waals surface area contributed by atoms with Crippen LogP contribution < -0.4 is 29.7 Å². The first-order valence-corrected chi connectivity index (χ1v) is 21.9. The van der Waals surface area contributed by atoms with Crippen LogP contribution in [-0.2, 0) is 29.1 Å². The maximum absolute atomic E-state index is 14.9. The van der Waals surface area contributed by atoms with Crippen LogP contribution in [0.25, 0.3) is 10.8 Å². The van der Waals surface area contributed by atoms with E-state index in [1.54, 1.807) is 40.9 Å². The Hall–Kier alpha value is -4.60. The number of allylic oxidation sites excluding steroid dienone is 1. The predicted molar refractivity (Wildman–Crippen MR) is 220 cm³/mol. The van der Waals surface area contributed by atoms with E-state index >= 15 is 0 Å². The van der Waals surface area contributed by atoms with Crippen molar-refractivity contribution in [1.82, 2.24) is 25.2 Å². The summed E-state index contributed by atoms with van der Waals surface area (Å²) in [5, 5.41) is 7.27. The molecule has 0 radical (unpaired) electrons. The fourth-order valence-electron chi connectivity index (χ4n) is 8.32. The average molecular weight is 825 g/mol. The van der Waals surface area contributed by atoms with Crippen molar-refractivity contribution in [2.75, 3.05) is 32.6 Å². The molecule has 6 rings (SSSR count). The molecule has 0 unspecified atom stereocenters. The zero-order chi connectivity index (χ0) is 42.4. The van der Waals surface area contributed by atoms with E-state index in [0.29, 0.717) is 54.9 Å². The van der Waals surface area contributed by atoms with Gasteiger partial charge in [0.1, 0.15) is 40.9 Å². The van der Waals surface area contributed by atoms with Gasteiger partial charge in [-0.25, -0.2) is 13.2 Å². The van der Waals surface area contributed by atoms with Crippen molar-refractivity contribution in [3.8, 4) is 11.6 Å². The number of alkyl carbamates (subject to hydrolysis) is 1. The van der Waals surface area contributed by atoms with Crippen LogP contribution in [0.2, 0.25) is 0 Å². The smallest absolute Gasteiger partial charge is 0.408 e. The molecule has 3 fully saturated rings. The number of nitrogens with one attached hydrogen (secondary N) is 3. The lowest BCUT2D eigenvalue weighted by Crippen LogP contribution is -2.59. The molecule has 7 atom stereocenters. The number of hydrogen-bond acceptors (Lipinski definition) is 11. The molecule has 2 aliphatic heterocycles. The molecule has 0 spiro atoms. The topological polar surface area (TPSA) is 186 Å². The Bertz CT molecular complexity index is 2060. The second-order valence-corrected chi connectivity index (χ2v) is 20.0. The molecule has 1 aromatic carbocycles. The molecule has 58 heavy (non-hydrogen) atoms. The van der Waals surface area contributed by atoms with Crippen LogP contribution in [0.3, 0.4) is 0 Å². The van der Waals surface area contributed by atoms with Crippen LogP contribution in [0.5, 0.6) is 11.6 Å². The van der Waals surface area contributed by atoms with Crippen molar-refractivity contribution in [2.45, 2.75) is 127 Å². The van der Waals surface area contributed by atoms with Crippen molar-refractivity contribution in [3.05, 3.63) is 36.4 Å². The molecule has 3 N–H and O–H groups in total. The van der Waals surface area contributed by atoms with Crippen LogP contribution >= 0.6 is 0 Å². The number of benzene rings is 1. The van der Waals surface area contributed by atoms with Crippen molar-refractivity contribution >= 4 is 50.4 Å². The van der Waals surface area contributed by atoms with E-state index in [0.717, 1.165) is 11.8 Å². The summed E-state index contributed by atoms with van der Waals surface area (Å²) in [5.41, 5.74) is -2.37. The molecule has 4 amide bonds. The van der Waals surface area contributed by atoms with E-state index in [1.165, 1.54) is 4.90 Å². The van der Waals surface area contributed by atoms with Crippen LogP contribution in [0.15, 0.2) is 36.4 Å². The highest BCUT2D eigenvalue weighted by atomic mass is 32.2. The van der Waals surface area contributed by atoms with E-state index in [9.17, 15) is 27.6 Å². The lowest BCUT2D eigenvalue weighted by Gasteiger charge is -2.33. The van der Waals surface area contributed by atoms with Crippen LogP contribution in [0.1, 0.15) is 92.9 Å². The van der Waals surface area contributed by atoms with Gasteiger partial charge in [0, 0.05) is 31.8 Å². The summed E-state index contributed by atoms with van der Waals surface area (Å²) in [6.45, 7) is 10.9. The summed E-state index contributed by atoms with van der Waals surface area (Å²) in [7, 11) is 1.28. The van der Waals surface area contributed by atoms with Gasteiger partial charge in [-0.05, 0) is 107 Å². The van der Waals surface area contributed by atoms with Crippen molar-refractivity contribution in [1.29, 1.82) is 0 Å². The van der Waals surface area contributed by atoms with E-state index < -0.39 is 73.8 Å². The summed E-state index contributed by atoms with van der Waals surface area (Å²) in [4.78, 5) is 65.0. The van der Waals surface area contributed by atoms with Crippen LogP contribution in [0, 0.1) is 17.8 Å². The van der Waals surface area contributed by atoms with Gasteiger partial charge in [-0.1, -0.05) is 32.9 Å². The first-order chi connectivity index (χ1) is 27.2. The summed E-state index contributed by atoms with van der Waals surface area (Å²) in [5.74, 6) is -1.01. The lowest BCUT2D eigenvalue weighted by molar-refractivity contribution is -0.142. The minimum atomic E-state index is -4.02. The SMILES string of the molecule is CCC1(S(=O)(=O)NC(=O)[C@@]23C[C@H]2/C=C\CC[C@H](C)C[C@@H](C)[C@H](NC(=O)OC(C)(C)C)C(=O)N2C[C@H](Oc4nc(N(C)C)cc5cc(OC)ccc45)C[C@H]2C(=O)N3)CC1. The molecule has 15 nitrogen and oxygen atoms in total. The predicted octanol–water partition coefficient (Wildman–Crippen LogP) is 4.83. The Morgan fingerprint density at radius 1 is 1.10 bits per heavy atom. The van der Waals surface area contributed by atoms with Crippen molar-refractivity contribution in [2.24, 2.45) is 17.8 Å². The number of amides is 4. The summed E-state index contributed by atoms with van der Waals surface area (Å²) >= 11 is 0. The minimum Gasteiger partial charge on any atom is -0.497 e. The number of ether oxygens (including phenoxy) is 3. The molecular formula is C42H60N6O9S. The zero-order valence-corrected chi connectivity index (χ0v) is 36.0. The Morgan fingerprint density at radius 2 is 1.83 bits per heavy atom. The number of aromatic nitrogens is 1. The maximum Gasteiger partial charge on any atom is 0.408 e. The number of sulfonamides is 1. The van der Waals surface area contributed by atoms with Gasteiger partial charge in [0.25, 0.3) is 5.91 Å². The van der Waals surface area contributed by atoms with Gasteiger partial charge >= 0.3 is 6.09 Å². The van der Waals surface area contributed by atoms with E-state index in [1.807, 2.05) is 56.3 Å². The molecule has 3 heterocycles. The standard InChI is InChI=1S/C42H60N6O9S/c1-10-41(17-18-41)58(53,54)46-38(51)42-23-28(42)14-12-11-13-25(2)19-26(3)34(44-39(52)57-40(4,5)6)37(50)48-24-30(22-32(48)35(49)45-42)56-36-31-16-15-29(55-9)20-27(31)21-33(43-36)47(7)8/h12,14-16,20-21,25-26,28,30,32,34H,10-11,13,17-19,22-24H2,1-9H3,(H,44,52)(H,45,49)(H,46,51)/b14-12-/t25-,26+,28+,30+,32-,34-,42+/m0/s1. The number of carbonyl (C=O) groups excluding carboxylic acids is 4. The fraction of sp³-hybridized carbons (Fsp3) is 0.643. The van der Waals surface area contributed by atoms with E-state index in [4.69, 9.17) is 19.2 Å². The number of pyridine rings is 1. The van der Waals surface area contributed by atoms with Gasteiger partial charge in [-0.2, -0.15) is 4.98 Å². The Labute approximate surface area is 342 Å². The average Bonchev–Trinajstić information content (AvgIpc) is 4.05. The van der Waals surface area contributed by atoms with Crippen molar-refractivity contribution < 1.29 is 41.8 Å². The summed E-state index contributed by atoms with van der Waals surface area (Å²) in [6, 6.07) is 5.22. The third kappa shape index (κ3) is 9.01. The second-order valence-electron chi connectivity index (χ2n) is 17.9. The highest BCUT2D eigenvalue weighted by Crippen LogP contribution is 2.49. The van der Waals surface area contributed by atoms with E-state index in [2.05, 4.69) is 22.3 Å². The van der Waals surface area contributed by atoms with Crippen LogP contribution in [-0.4, -0.2) is 104 Å². The number of methoxy groups -OCH3 is 1. The molecule has 1 saturated heterocycles. The molecule has 0 bridgehead atoms.